The van der Waals surface area contributed by atoms with Gasteiger partial charge in [-0.05, 0) is 60.2 Å². The molecule has 1 fully saturated rings. The van der Waals surface area contributed by atoms with E-state index in [0.29, 0.717) is 18.5 Å². The maximum atomic E-state index is 13.2. The monoisotopic (exact) mass is 498 g/mol. The first-order valence-electron chi connectivity index (χ1n) is 12.2. The minimum absolute atomic E-state index is 0.0650. The molecule has 36 heavy (non-hydrogen) atoms. The maximum absolute atomic E-state index is 13.2. The third kappa shape index (κ3) is 6.56. The molecule has 1 aliphatic heterocycles. The van der Waals surface area contributed by atoms with E-state index in [0.717, 1.165) is 34.6 Å². The fourth-order valence-corrected chi connectivity index (χ4v) is 5.68. The Morgan fingerprint density at radius 1 is 1.03 bits per heavy atom. The summed E-state index contributed by atoms with van der Waals surface area (Å²) in [5.41, 5.74) is 4.09. The van der Waals surface area contributed by atoms with Gasteiger partial charge in [0.15, 0.2) is 0 Å². The number of benzene rings is 3. The molecule has 5 nitrogen and oxygen atoms in total. The summed E-state index contributed by atoms with van der Waals surface area (Å²) in [5.74, 6) is 0.211. The van der Waals surface area contributed by atoms with Crippen LogP contribution >= 0.6 is 11.8 Å². The molecule has 1 amide bonds. The third-order valence-corrected chi connectivity index (χ3v) is 7.78. The van der Waals surface area contributed by atoms with Crippen molar-refractivity contribution in [3.8, 4) is 17.2 Å². The lowest BCUT2D eigenvalue weighted by Crippen LogP contribution is -2.36. The second-order valence-electron chi connectivity index (χ2n) is 9.01. The highest BCUT2D eigenvalue weighted by Crippen LogP contribution is 2.33. The molecular weight excluding hydrogens is 468 g/mol. The van der Waals surface area contributed by atoms with Gasteiger partial charge in [-0.3, -0.25) is 9.59 Å². The molecule has 6 heteroatoms. The van der Waals surface area contributed by atoms with Gasteiger partial charge in [0.05, 0.1) is 31.1 Å². The zero-order chi connectivity index (χ0) is 25.3. The van der Waals surface area contributed by atoms with E-state index in [1.807, 2.05) is 47.4 Å². The molecule has 4 rings (SSSR count). The van der Waals surface area contributed by atoms with Crippen LogP contribution in [0.2, 0.25) is 0 Å². The van der Waals surface area contributed by atoms with Crippen molar-refractivity contribution in [2.75, 3.05) is 19.4 Å². The van der Waals surface area contributed by atoms with Gasteiger partial charge in [-0.1, -0.05) is 54.6 Å². The number of methoxy groups -OCH3 is 1. The Labute approximate surface area is 217 Å². The number of carbonyl (C=O) groups excluding carboxylic acids is 2. The topological polar surface area (TPSA) is 70.4 Å². The highest BCUT2D eigenvalue weighted by molar-refractivity contribution is 7.99. The molecule has 2 atom stereocenters. The minimum Gasteiger partial charge on any atom is -0.469 e. The van der Waals surface area contributed by atoms with E-state index in [1.54, 1.807) is 11.8 Å². The number of nitrogens with zero attached hydrogens (tertiary/aromatic N) is 2. The Morgan fingerprint density at radius 3 is 2.33 bits per heavy atom. The predicted molar refractivity (Wildman–Crippen MR) is 142 cm³/mol. The number of amides is 1. The molecule has 0 radical (unpaired) electrons. The summed E-state index contributed by atoms with van der Waals surface area (Å²) < 4.78 is 4.83. The number of ether oxygens (including phenoxy) is 1. The number of likely N-dealkylation sites (tertiary alicyclic amines) is 1. The lowest BCUT2D eigenvalue weighted by atomic mass is 10.0. The average molecular weight is 499 g/mol. The van der Waals surface area contributed by atoms with Crippen molar-refractivity contribution in [2.45, 2.75) is 36.6 Å². The fraction of sp³-hybridized carbons (Fsp3) is 0.300. The zero-order valence-electron chi connectivity index (χ0n) is 20.4. The van der Waals surface area contributed by atoms with Gasteiger partial charge in [0.1, 0.15) is 0 Å². The molecule has 3 aromatic rings. The van der Waals surface area contributed by atoms with Gasteiger partial charge in [0, 0.05) is 23.2 Å². The van der Waals surface area contributed by atoms with Crippen molar-refractivity contribution in [1.29, 1.82) is 5.26 Å². The third-order valence-electron chi connectivity index (χ3n) is 6.62. The molecule has 1 saturated heterocycles. The molecule has 0 spiro atoms. The number of nitriles is 1. The minimum atomic E-state index is -0.329. The molecule has 0 aromatic heterocycles. The first-order valence-corrected chi connectivity index (χ1v) is 13.2. The first kappa shape index (κ1) is 25.5. The maximum Gasteiger partial charge on any atom is 0.306 e. The van der Waals surface area contributed by atoms with Crippen LogP contribution < -0.4 is 0 Å². The van der Waals surface area contributed by atoms with E-state index in [1.165, 1.54) is 12.7 Å². The summed E-state index contributed by atoms with van der Waals surface area (Å²) in [5, 5.41) is 8.99. The normalized spacial score (nSPS) is 17.1. The Morgan fingerprint density at radius 2 is 1.69 bits per heavy atom. The van der Waals surface area contributed by atoms with Crippen LogP contribution in [0.4, 0.5) is 0 Å². The van der Waals surface area contributed by atoms with Crippen molar-refractivity contribution in [1.82, 2.24) is 4.90 Å². The Hall–Kier alpha value is -3.56. The first-order chi connectivity index (χ1) is 17.6. The number of rotatable bonds is 10. The van der Waals surface area contributed by atoms with Crippen LogP contribution in [0, 0.1) is 17.2 Å². The molecule has 2 unspecified atom stereocenters. The summed E-state index contributed by atoms with van der Waals surface area (Å²) in [6.07, 6.45) is 2.63. The largest absolute Gasteiger partial charge is 0.469 e. The van der Waals surface area contributed by atoms with Crippen molar-refractivity contribution >= 4 is 23.6 Å². The van der Waals surface area contributed by atoms with Crippen LogP contribution in [0.25, 0.3) is 11.1 Å². The highest BCUT2D eigenvalue weighted by atomic mass is 32.2. The number of aryl methyl sites for hydroxylation is 1. The molecule has 0 aliphatic carbocycles. The molecule has 0 N–H and O–H groups in total. The summed E-state index contributed by atoms with van der Waals surface area (Å²) in [7, 11) is 1.37. The Kier molecular flexibility index (Phi) is 8.80. The zero-order valence-corrected chi connectivity index (χ0v) is 21.2. The van der Waals surface area contributed by atoms with Gasteiger partial charge < -0.3 is 9.64 Å². The summed E-state index contributed by atoms with van der Waals surface area (Å²) >= 11 is 1.74. The van der Waals surface area contributed by atoms with Gasteiger partial charge in [0.25, 0.3) is 0 Å². The summed E-state index contributed by atoms with van der Waals surface area (Å²) in [4.78, 5) is 28.2. The van der Waals surface area contributed by atoms with Gasteiger partial charge in [-0.2, -0.15) is 5.26 Å². The molecule has 184 valence electrons. The lowest BCUT2D eigenvalue weighted by Gasteiger charge is -2.24. The summed E-state index contributed by atoms with van der Waals surface area (Å²) in [6, 6.07) is 28.5. The van der Waals surface area contributed by atoms with E-state index >= 15 is 0 Å². The average Bonchev–Trinajstić information content (AvgIpc) is 3.22. The van der Waals surface area contributed by atoms with Crippen LogP contribution in [0.1, 0.15) is 30.4 Å². The quantitative estimate of drug-likeness (QED) is 0.264. The molecule has 0 saturated carbocycles. The van der Waals surface area contributed by atoms with E-state index < -0.39 is 0 Å². The lowest BCUT2D eigenvalue weighted by molar-refractivity contribution is -0.144. The van der Waals surface area contributed by atoms with Crippen molar-refractivity contribution in [3.63, 3.8) is 0 Å². The number of carbonyl (C=O) groups is 2. The van der Waals surface area contributed by atoms with Gasteiger partial charge >= 0.3 is 5.97 Å². The van der Waals surface area contributed by atoms with Crippen LogP contribution in [0.15, 0.2) is 83.8 Å². The second kappa shape index (κ2) is 12.4. The van der Waals surface area contributed by atoms with Crippen molar-refractivity contribution in [3.05, 3.63) is 90.0 Å². The SMILES string of the molecule is COC(=O)CC1CC(CSc2ccc(-c3ccc(C#N)cc3)cc2)N(CCCc2ccccc2)C1=O. The van der Waals surface area contributed by atoms with Crippen LogP contribution in [0.3, 0.4) is 0 Å². The van der Waals surface area contributed by atoms with E-state index in [-0.39, 0.29) is 30.3 Å². The smallest absolute Gasteiger partial charge is 0.306 e. The van der Waals surface area contributed by atoms with E-state index in [4.69, 9.17) is 10.00 Å². The predicted octanol–water partition coefficient (Wildman–Crippen LogP) is 5.73. The van der Waals surface area contributed by atoms with E-state index in [2.05, 4.69) is 42.5 Å². The molecule has 1 aliphatic rings. The molecule has 1 heterocycles. The van der Waals surface area contributed by atoms with Crippen LogP contribution in [0.5, 0.6) is 0 Å². The van der Waals surface area contributed by atoms with Gasteiger partial charge in [-0.15, -0.1) is 11.8 Å². The molecule has 0 bridgehead atoms. The van der Waals surface area contributed by atoms with Crippen LogP contribution in [-0.2, 0) is 20.7 Å². The Balaban J connectivity index is 1.38. The highest BCUT2D eigenvalue weighted by Gasteiger charge is 2.40. The number of hydrogen-bond donors (Lipinski definition) is 0. The van der Waals surface area contributed by atoms with Gasteiger partial charge in [-0.25, -0.2) is 0 Å². The summed E-state index contributed by atoms with van der Waals surface area (Å²) in [6.45, 7) is 0.689. The standard InChI is InChI=1S/C30H30N2O3S/c1-35-29(33)19-26-18-27(32(30(26)34)17-5-8-22-6-3-2-4-7-22)21-36-28-15-13-25(14-16-28)24-11-9-23(20-31)10-12-24/h2-4,6-7,9-16,26-27H,5,8,17-19,21H2,1H3. The number of hydrogen-bond acceptors (Lipinski definition) is 5. The van der Waals surface area contributed by atoms with Crippen molar-refractivity contribution < 1.29 is 14.3 Å². The fourth-order valence-electron chi connectivity index (χ4n) is 4.65. The number of esters is 1. The number of thioether (sulfide) groups is 1. The molecule has 3 aromatic carbocycles. The van der Waals surface area contributed by atoms with Crippen LogP contribution in [-0.4, -0.2) is 42.2 Å². The second-order valence-corrected chi connectivity index (χ2v) is 10.1. The van der Waals surface area contributed by atoms with E-state index in [9.17, 15) is 9.59 Å². The van der Waals surface area contributed by atoms with Crippen molar-refractivity contribution in [2.24, 2.45) is 5.92 Å². The Bertz CT molecular complexity index is 1200. The van der Waals surface area contributed by atoms with Gasteiger partial charge in [0.2, 0.25) is 5.91 Å². The molecular formula is C30H30N2O3S.